The van der Waals surface area contributed by atoms with Gasteiger partial charge in [-0.25, -0.2) is 0 Å². The van der Waals surface area contributed by atoms with Crippen LogP contribution in [0.2, 0.25) is 0 Å². The van der Waals surface area contributed by atoms with Crippen molar-refractivity contribution >= 4 is 0 Å². The van der Waals surface area contributed by atoms with Gasteiger partial charge < -0.3 is 14.2 Å². The summed E-state index contributed by atoms with van der Waals surface area (Å²) in [7, 11) is 0. The van der Waals surface area contributed by atoms with Crippen LogP contribution in [0.25, 0.3) is 0 Å². The molecule has 6 heteroatoms. The highest BCUT2D eigenvalue weighted by molar-refractivity contribution is 4.84. The Hall–Kier alpha value is -0.240. The van der Waals surface area contributed by atoms with Crippen LogP contribution in [0, 0.1) is 0 Å². The lowest BCUT2D eigenvalue weighted by Crippen LogP contribution is -2.54. The Balaban J connectivity index is 1.39. The Morgan fingerprint density at radius 1 is 0.742 bits per heavy atom. The predicted octanol–water partition coefficient (Wildman–Crippen LogP) is 3.24. The van der Waals surface area contributed by atoms with E-state index in [0.717, 1.165) is 65.4 Å². The Labute approximate surface area is 191 Å². The summed E-state index contributed by atoms with van der Waals surface area (Å²) in [6, 6.07) is 2.82. The molecule has 0 N–H and O–H groups in total. The first-order chi connectivity index (χ1) is 14.8. The Kier molecular flexibility index (Phi) is 10.1. The molecule has 31 heavy (non-hydrogen) atoms. The van der Waals surface area contributed by atoms with Gasteiger partial charge >= 0.3 is 0 Å². The van der Waals surface area contributed by atoms with Crippen LogP contribution < -0.4 is 0 Å². The number of hydrogen-bond acceptors (Lipinski definition) is 6. The summed E-state index contributed by atoms with van der Waals surface area (Å²) in [5, 5.41) is 0. The van der Waals surface area contributed by atoms with Gasteiger partial charge in [-0.1, -0.05) is 0 Å². The Morgan fingerprint density at radius 2 is 1.26 bits per heavy atom. The standard InChI is InChI=1S/C25H49N3O3/c1-19(2)26-11-13-30-24(15-26)9-7-20(3)27-12-14-31-25(16-27)10-8-21(4)28-22(5)17-29-18-23(28)6/h19-25H,7-18H2,1-6H3/t20?,21?,22?,23?,24-,25+/m1/s1. The quantitative estimate of drug-likeness (QED) is 0.549. The molecule has 0 bridgehead atoms. The van der Waals surface area contributed by atoms with E-state index in [1.807, 2.05) is 0 Å². The molecule has 0 saturated carbocycles. The first-order valence-electron chi connectivity index (χ1n) is 12.9. The van der Waals surface area contributed by atoms with Gasteiger partial charge in [0, 0.05) is 56.4 Å². The zero-order valence-electron chi connectivity index (χ0n) is 21.1. The Morgan fingerprint density at radius 3 is 1.84 bits per heavy atom. The summed E-state index contributed by atoms with van der Waals surface area (Å²) in [6.45, 7) is 21.7. The van der Waals surface area contributed by atoms with Gasteiger partial charge in [-0.05, 0) is 67.2 Å². The minimum atomic E-state index is 0.368. The average Bonchev–Trinajstić information content (AvgIpc) is 2.76. The van der Waals surface area contributed by atoms with Crippen LogP contribution in [0.15, 0.2) is 0 Å². The maximum absolute atomic E-state index is 6.17. The summed E-state index contributed by atoms with van der Waals surface area (Å²) >= 11 is 0. The van der Waals surface area contributed by atoms with Gasteiger partial charge in [-0.2, -0.15) is 0 Å². The van der Waals surface area contributed by atoms with Gasteiger partial charge in [0.25, 0.3) is 0 Å². The van der Waals surface area contributed by atoms with Crippen molar-refractivity contribution in [3.63, 3.8) is 0 Å². The monoisotopic (exact) mass is 439 g/mol. The van der Waals surface area contributed by atoms with Crippen LogP contribution in [0.4, 0.5) is 0 Å². The van der Waals surface area contributed by atoms with Crippen molar-refractivity contribution in [2.45, 2.75) is 110 Å². The van der Waals surface area contributed by atoms with Crippen LogP contribution in [-0.2, 0) is 14.2 Å². The van der Waals surface area contributed by atoms with Gasteiger partial charge in [-0.3, -0.25) is 14.7 Å². The van der Waals surface area contributed by atoms with Crippen molar-refractivity contribution in [2.24, 2.45) is 0 Å². The third-order valence-corrected chi connectivity index (χ3v) is 7.75. The van der Waals surface area contributed by atoms with Gasteiger partial charge in [0.15, 0.2) is 0 Å². The van der Waals surface area contributed by atoms with Crippen LogP contribution in [0.3, 0.4) is 0 Å². The van der Waals surface area contributed by atoms with Crippen molar-refractivity contribution in [3.8, 4) is 0 Å². The molecule has 0 aromatic rings. The normalized spacial score (nSPS) is 34.2. The van der Waals surface area contributed by atoms with Crippen molar-refractivity contribution in [3.05, 3.63) is 0 Å². The number of morpholine rings is 3. The molecular formula is C25H49N3O3. The van der Waals surface area contributed by atoms with E-state index in [4.69, 9.17) is 14.2 Å². The van der Waals surface area contributed by atoms with Crippen molar-refractivity contribution in [1.29, 1.82) is 0 Å². The minimum absolute atomic E-state index is 0.368. The minimum Gasteiger partial charge on any atom is -0.378 e. The van der Waals surface area contributed by atoms with Gasteiger partial charge in [-0.15, -0.1) is 0 Å². The van der Waals surface area contributed by atoms with E-state index >= 15 is 0 Å². The fourth-order valence-corrected chi connectivity index (χ4v) is 5.77. The zero-order chi connectivity index (χ0) is 22.4. The predicted molar refractivity (Wildman–Crippen MR) is 127 cm³/mol. The third-order valence-electron chi connectivity index (χ3n) is 7.75. The first kappa shape index (κ1) is 25.4. The maximum atomic E-state index is 6.17. The second-order valence-electron chi connectivity index (χ2n) is 10.6. The number of rotatable bonds is 9. The van der Waals surface area contributed by atoms with Crippen LogP contribution in [-0.4, -0.2) is 110 Å². The fraction of sp³-hybridized carbons (Fsp3) is 1.00. The average molecular weight is 440 g/mol. The van der Waals surface area contributed by atoms with E-state index in [1.165, 1.54) is 12.8 Å². The van der Waals surface area contributed by atoms with Crippen molar-refractivity contribution < 1.29 is 14.2 Å². The molecule has 0 spiro atoms. The highest BCUT2D eigenvalue weighted by Crippen LogP contribution is 2.23. The van der Waals surface area contributed by atoms with E-state index in [-0.39, 0.29) is 0 Å². The fourth-order valence-electron chi connectivity index (χ4n) is 5.77. The SMILES string of the molecule is CC(C)N1CCO[C@H](CCC(C)N2CCO[C@@H](CCC(C)N3C(C)COCC3C)C2)C1. The molecule has 3 heterocycles. The lowest BCUT2D eigenvalue weighted by molar-refractivity contribution is -0.0705. The van der Waals surface area contributed by atoms with Crippen molar-refractivity contribution in [2.75, 3.05) is 52.6 Å². The summed E-state index contributed by atoms with van der Waals surface area (Å²) in [5.74, 6) is 0. The zero-order valence-corrected chi connectivity index (χ0v) is 21.1. The number of hydrogen-bond donors (Lipinski definition) is 0. The van der Waals surface area contributed by atoms with E-state index in [1.54, 1.807) is 0 Å². The molecule has 4 unspecified atom stereocenters. The third kappa shape index (κ3) is 7.38. The summed E-state index contributed by atoms with van der Waals surface area (Å²) in [4.78, 5) is 7.86. The highest BCUT2D eigenvalue weighted by Gasteiger charge is 2.31. The molecule has 3 rings (SSSR count). The lowest BCUT2D eigenvalue weighted by atomic mass is 10.0. The maximum Gasteiger partial charge on any atom is 0.0703 e. The largest absolute Gasteiger partial charge is 0.378 e. The van der Waals surface area contributed by atoms with Crippen LogP contribution in [0.1, 0.15) is 67.2 Å². The van der Waals surface area contributed by atoms with Gasteiger partial charge in [0.05, 0.1) is 38.6 Å². The molecule has 3 aliphatic rings. The Bertz CT molecular complexity index is 510. The second kappa shape index (κ2) is 12.3. The molecule has 3 aliphatic heterocycles. The molecule has 6 atom stereocenters. The summed E-state index contributed by atoms with van der Waals surface area (Å²) in [5.41, 5.74) is 0. The summed E-state index contributed by atoms with van der Waals surface area (Å²) in [6.07, 6.45) is 5.49. The molecule has 6 nitrogen and oxygen atoms in total. The van der Waals surface area contributed by atoms with Gasteiger partial charge in [0.1, 0.15) is 0 Å². The topological polar surface area (TPSA) is 37.4 Å². The first-order valence-corrected chi connectivity index (χ1v) is 12.9. The molecule has 0 aromatic carbocycles. The molecule has 0 radical (unpaired) electrons. The van der Waals surface area contributed by atoms with Gasteiger partial charge in [0.2, 0.25) is 0 Å². The molecular weight excluding hydrogens is 390 g/mol. The second-order valence-corrected chi connectivity index (χ2v) is 10.6. The van der Waals surface area contributed by atoms with E-state index in [2.05, 4.69) is 56.2 Å². The molecule has 3 saturated heterocycles. The van der Waals surface area contributed by atoms with Crippen LogP contribution in [0.5, 0.6) is 0 Å². The molecule has 0 aliphatic carbocycles. The lowest BCUT2D eigenvalue weighted by Gasteiger charge is -2.43. The van der Waals surface area contributed by atoms with Crippen molar-refractivity contribution in [1.82, 2.24) is 14.7 Å². The molecule has 3 fully saturated rings. The summed E-state index contributed by atoms with van der Waals surface area (Å²) < 4.78 is 17.9. The molecule has 182 valence electrons. The smallest absolute Gasteiger partial charge is 0.0703 e. The van der Waals surface area contributed by atoms with Crippen LogP contribution >= 0.6 is 0 Å². The number of nitrogens with zero attached hydrogens (tertiary/aromatic N) is 3. The van der Waals surface area contributed by atoms with E-state index in [9.17, 15) is 0 Å². The molecule has 0 aromatic heterocycles. The van der Waals surface area contributed by atoms with E-state index in [0.29, 0.717) is 42.4 Å². The number of ether oxygens (including phenoxy) is 3. The van der Waals surface area contributed by atoms with E-state index < -0.39 is 0 Å². The molecule has 0 amide bonds. The highest BCUT2D eigenvalue weighted by atomic mass is 16.5.